The van der Waals surface area contributed by atoms with Crippen LogP contribution in [-0.4, -0.2) is 33.4 Å². The molecule has 2 heterocycles. The smallest absolute Gasteiger partial charge is 0.258 e. The number of rotatable bonds is 6. The van der Waals surface area contributed by atoms with Gasteiger partial charge in [-0.25, -0.2) is 4.39 Å². The zero-order valence-electron chi connectivity index (χ0n) is 18.9. The van der Waals surface area contributed by atoms with Crippen molar-refractivity contribution in [3.63, 3.8) is 0 Å². The molecule has 36 heavy (non-hydrogen) atoms. The van der Waals surface area contributed by atoms with Gasteiger partial charge in [0.25, 0.3) is 11.8 Å². The van der Waals surface area contributed by atoms with Crippen LogP contribution in [0.3, 0.4) is 0 Å². The Morgan fingerprint density at radius 3 is 2.78 bits per heavy atom. The number of fused-ring (bicyclic) bond motifs is 2. The Morgan fingerprint density at radius 2 is 1.97 bits per heavy atom. The number of nitrogens with zero attached hydrogens (tertiary/aromatic N) is 2. The molecule has 1 unspecified atom stereocenters. The maximum absolute atomic E-state index is 13.6. The highest BCUT2D eigenvalue weighted by molar-refractivity contribution is 6.31. The fraction of sp³-hybridized carbons (Fsp3) is 0.400. The second kappa shape index (κ2) is 8.90. The van der Waals surface area contributed by atoms with Gasteiger partial charge in [-0.3, -0.25) is 4.79 Å². The molecule has 0 saturated heterocycles. The fourth-order valence-electron chi connectivity index (χ4n) is 5.57. The highest BCUT2D eigenvalue weighted by atomic mass is 35.5. The molecule has 3 aliphatic carbocycles. The molecule has 3 aromatic rings. The minimum atomic E-state index is -0.753. The quantitative estimate of drug-likeness (QED) is 0.463. The van der Waals surface area contributed by atoms with Gasteiger partial charge < -0.3 is 24.3 Å². The Labute approximate surface area is 215 Å². The largest absolute Gasteiger partial charge is 0.484 e. The SMILES string of the molecule is O=C(COc1ccc(Cl)c(F)c1)NC12CC(C1)C(c1nnc([C@@H]3C[C@H](O)c4cc(Cl)ccc4O3)o1)C2. The molecule has 1 amide bonds. The molecule has 188 valence electrons. The number of benzene rings is 2. The number of aliphatic hydroxyl groups is 1. The van der Waals surface area contributed by atoms with Crippen LogP contribution in [0.4, 0.5) is 4.39 Å². The molecule has 3 saturated carbocycles. The third kappa shape index (κ3) is 4.29. The summed E-state index contributed by atoms with van der Waals surface area (Å²) in [4.78, 5) is 12.5. The zero-order valence-corrected chi connectivity index (χ0v) is 20.4. The first-order valence-corrected chi connectivity index (χ1v) is 12.4. The van der Waals surface area contributed by atoms with E-state index in [0.717, 1.165) is 18.9 Å². The van der Waals surface area contributed by atoms with Gasteiger partial charge >= 0.3 is 0 Å². The molecule has 1 aliphatic heterocycles. The van der Waals surface area contributed by atoms with Crippen LogP contribution >= 0.6 is 23.2 Å². The monoisotopic (exact) mass is 533 g/mol. The van der Waals surface area contributed by atoms with Gasteiger partial charge in [0.1, 0.15) is 17.3 Å². The van der Waals surface area contributed by atoms with Crippen molar-refractivity contribution in [2.24, 2.45) is 5.92 Å². The van der Waals surface area contributed by atoms with E-state index in [1.165, 1.54) is 12.1 Å². The Bertz CT molecular complexity index is 1330. The van der Waals surface area contributed by atoms with Gasteiger partial charge in [0.2, 0.25) is 5.89 Å². The number of halogens is 3. The summed E-state index contributed by atoms with van der Waals surface area (Å²) in [6.45, 7) is -0.225. The van der Waals surface area contributed by atoms with Crippen LogP contribution in [0.25, 0.3) is 0 Å². The van der Waals surface area contributed by atoms with Crippen LogP contribution in [0, 0.1) is 11.7 Å². The van der Waals surface area contributed by atoms with Gasteiger partial charge in [0, 0.05) is 34.5 Å². The molecule has 8 nitrogen and oxygen atoms in total. The van der Waals surface area contributed by atoms with Crippen molar-refractivity contribution in [3.05, 3.63) is 69.6 Å². The highest BCUT2D eigenvalue weighted by Crippen LogP contribution is 2.59. The molecule has 0 spiro atoms. The number of aromatic nitrogens is 2. The molecule has 2 N–H and O–H groups in total. The van der Waals surface area contributed by atoms with Crippen molar-refractivity contribution in [2.45, 2.75) is 49.3 Å². The molecular formula is C25H22Cl2FN3O5. The standard InChI is InChI=1S/C25H22Cl2FN3O5/c26-13-1-4-20-15(5-13)19(32)7-21(35-20)24-31-30-23(36-24)16-10-25(8-12(16)9-25)29-22(33)11-34-14-2-3-17(27)18(28)6-14/h1-6,12,16,19,21,32H,7-11H2,(H,29,33)/t12?,16?,19-,21-,25?/m0/s1. The van der Waals surface area contributed by atoms with E-state index < -0.39 is 18.0 Å². The van der Waals surface area contributed by atoms with Crippen molar-refractivity contribution in [2.75, 3.05) is 6.61 Å². The number of ether oxygens (including phenoxy) is 2. The van der Waals surface area contributed by atoms with Gasteiger partial charge in [-0.2, -0.15) is 0 Å². The maximum Gasteiger partial charge on any atom is 0.258 e. The normalized spacial score (nSPS) is 28.1. The van der Waals surface area contributed by atoms with E-state index in [1.807, 2.05) is 0 Å². The number of hydrogen-bond donors (Lipinski definition) is 2. The van der Waals surface area contributed by atoms with Gasteiger partial charge in [-0.15, -0.1) is 10.2 Å². The predicted octanol–water partition coefficient (Wildman–Crippen LogP) is 4.90. The Balaban J connectivity index is 1.07. The topological polar surface area (TPSA) is 107 Å². The molecule has 3 fully saturated rings. The molecule has 1 aromatic heterocycles. The second-order valence-corrected chi connectivity index (χ2v) is 10.5. The summed E-state index contributed by atoms with van der Waals surface area (Å²) in [6, 6.07) is 9.15. The van der Waals surface area contributed by atoms with E-state index in [9.17, 15) is 14.3 Å². The van der Waals surface area contributed by atoms with Gasteiger partial charge in [0.05, 0.1) is 11.1 Å². The minimum Gasteiger partial charge on any atom is -0.484 e. The summed E-state index contributed by atoms with van der Waals surface area (Å²) in [7, 11) is 0. The molecule has 11 heteroatoms. The number of hydrogen-bond acceptors (Lipinski definition) is 7. The lowest BCUT2D eigenvalue weighted by Gasteiger charge is -2.39. The van der Waals surface area contributed by atoms with Crippen LogP contribution in [-0.2, 0) is 4.79 Å². The van der Waals surface area contributed by atoms with Crippen LogP contribution in [0.15, 0.2) is 40.8 Å². The van der Waals surface area contributed by atoms with Gasteiger partial charge in [-0.05, 0) is 55.5 Å². The van der Waals surface area contributed by atoms with Gasteiger partial charge in [0.15, 0.2) is 12.7 Å². The lowest BCUT2D eigenvalue weighted by atomic mass is 9.76. The molecular weight excluding hydrogens is 512 g/mol. The van der Waals surface area contributed by atoms with Crippen LogP contribution in [0.5, 0.6) is 11.5 Å². The van der Waals surface area contributed by atoms with E-state index in [2.05, 4.69) is 15.5 Å². The molecule has 7 rings (SSSR count). The molecule has 2 aromatic carbocycles. The Kier molecular flexibility index (Phi) is 5.81. The van der Waals surface area contributed by atoms with Crippen molar-refractivity contribution < 1.29 is 28.2 Å². The van der Waals surface area contributed by atoms with Crippen LogP contribution < -0.4 is 14.8 Å². The first kappa shape index (κ1) is 23.5. The summed E-state index contributed by atoms with van der Waals surface area (Å²) in [5, 5.41) is 22.6. The van der Waals surface area contributed by atoms with Crippen LogP contribution in [0.1, 0.15) is 61.2 Å². The number of nitrogens with one attached hydrogen (secondary N) is 1. The van der Waals surface area contributed by atoms with Crippen molar-refractivity contribution in [1.82, 2.24) is 15.5 Å². The number of amides is 1. The lowest BCUT2D eigenvalue weighted by molar-refractivity contribution is -0.125. The fourth-order valence-corrected chi connectivity index (χ4v) is 5.87. The van der Waals surface area contributed by atoms with E-state index in [4.69, 9.17) is 37.1 Å². The maximum atomic E-state index is 13.6. The number of aliphatic hydroxyl groups excluding tert-OH is 1. The van der Waals surface area contributed by atoms with Crippen LogP contribution in [0.2, 0.25) is 10.0 Å². The molecule has 0 radical (unpaired) electrons. The van der Waals surface area contributed by atoms with Crippen molar-refractivity contribution >= 4 is 29.1 Å². The molecule has 2 bridgehead atoms. The minimum absolute atomic E-state index is 0.00617. The highest BCUT2D eigenvalue weighted by Gasteiger charge is 2.58. The van der Waals surface area contributed by atoms with E-state index in [-0.39, 0.29) is 41.2 Å². The summed E-state index contributed by atoms with van der Waals surface area (Å²) in [5.74, 6) is 1.07. The second-order valence-electron chi connectivity index (χ2n) is 9.69. The molecule has 3 atom stereocenters. The summed E-state index contributed by atoms with van der Waals surface area (Å²) in [6.07, 6.45) is 1.26. The first-order chi connectivity index (χ1) is 17.3. The van der Waals surface area contributed by atoms with Crippen molar-refractivity contribution in [3.8, 4) is 11.5 Å². The first-order valence-electron chi connectivity index (χ1n) is 11.6. The van der Waals surface area contributed by atoms with Crippen molar-refractivity contribution in [1.29, 1.82) is 0 Å². The van der Waals surface area contributed by atoms with Gasteiger partial charge in [-0.1, -0.05) is 23.2 Å². The Hall–Kier alpha value is -2.88. The van der Waals surface area contributed by atoms with E-state index >= 15 is 0 Å². The number of carbonyl (C=O) groups excluding carboxylic acids is 1. The predicted molar refractivity (Wildman–Crippen MR) is 127 cm³/mol. The number of carbonyl (C=O) groups is 1. The third-order valence-corrected chi connectivity index (χ3v) is 7.78. The molecule has 4 aliphatic rings. The average molecular weight is 534 g/mol. The van der Waals surface area contributed by atoms with E-state index in [1.54, 1.807) is 18.2 Å². The summed E-state index contributed by atoms with van der Waals surface area (Å²) < 4.78 is 31.0. The summed E-state index contributed by atoms with van der Waals surface area (Å²) >= 11 is 11.7. The third-order valence-electron chi connectivity index (χ3n) is 7.24. The Morgan fingerprint density at radius 1 is 1.17 bits per heavy atom. The van der Waals surface area contributed by atoms with E-state index in [0.29, 0.717) is 40.5 Å². The average Bonchev–Trinajstić information content (AvgIpc) is 3.53. The lowest BCUT2D eigenvalue weighted by Crippen LogP contribution is -2.53. The zero-order chi connectivity index (χ0) is 25.0. The summed E-state index contributed by atoms with van der Waals surface area (Å²) in [5.41, 5.74) is 0.295.